The zero-order chi connectivity index (χ0) is 13.1. The molecule has 1 heterocycles. The Bertz CT molecular complexity index is 458. The number of benzene rings is 1. The van der Waals surface area contributed by atoms with E-state index in [1.807, 2.05) is 19.1 Å². The fourth-order valence-corrected chi connectivity index (χ4v) is 1.84. The summed E-state index contributed by atoms with van der Waals surface area (Å²) < 4.78 is 10.6. The van der Waals surface area contributed by atoms with E-state index in [1.165, 1.54) is 0 Å². The van der Waals surface area contributed by atoms with Crippen LogP contribution in [0.15, 0.2) is 12.1 Å². The third-order valence-corrected chi connectivity index (χ3v) is 2.94. The summed E-state index contributed by atoms with van der Waals surface area (Å²) >= 11 is 0. The van der Waals surface area contributed by atoms with Gasteiger partial charge in [-0.15, -0.1) is 0 Å². The van der Waals surface area contributed by atoms with Gasteiger partial charge in [0.25, 0.3) is 0 Å². The number of carbonyl (C=O) groups is 1. The Labute approximate surface area is 106 Å². The summed E-state index contributed by atoms with van der Waals surface area (Å²) in [7, 11) is 0. The molecule has 0 bridgehead atoms. The Morgan fingerprint density at radius 3 is 2.78 bits per heavy atom. The summed E-state index contributed by atoms with van der Waals surface area (Å²) in [6.07, 6.45) is 0.751. The second-order valence-electron chi connectivity index (χ2n) is 4.46. The van der Waals surface area contributed by atoms with E-state index in [9.17, 15) is 4.79 Å². The highest BCUT2D eigenvalue weighted by atomic mass is 16.7. The van der Waals surface area contributed by atoms with Crippen LogP contribution in [0.2, 0.25) is 0 Å². The first-order valence-corrected chi connectivity index (χ1v) is 6.00. The van der Waals surface area contributed by atoms with Crippen LogP contribution in [0.4, 0.5) is 0 Å². The van der Waals surface area contributed by atoms with E-state index < -0.39 is 6.04 Å². The molecule has 1 atom stereocenters. The molecule has 0 saturated heterocycles. The number of rotatable bonds is 4. The monoisotopic (exact) mass is 250 g/mol. The maximum atomic E-state index is 11.3. The minimum absolute atomic E-state index is 0.131. The topological polar surface area (TPSA) is 73.6 Å². The molecule has 5 nitrogen and oxygen atoms in total. The standard InChI is InChI=1S/C13H18N2O3/c1-8-5-11-12(18-7-17-11)6-10(8)3-4-15-13(16)9(2)14/h5-6,9H,3-4,7,14H2,1-2H3,(H,15,16). The smallest absolute Gasteiger partial charge is 0.236 e. The van der Waals surface area contributed by atoms with Crippen molar-refractivity contribution in [2.45, 2.75) is 26.3 Å². The van der Waals surface area contributed by atoms with Crippen LogP contribution >= 0.6 is 0 Å². The summed E-state index contributed by atoms with van der Waals surface area (Å²) in [5, 5.41) is 2.79. The largest absolute Gasteiger partial charge is 0.454 e. The molecule has 18 heavy (non-hydrogen) atoms. The minimum Gasteiger partial charge on any atom is -0.454 e. The van der Waals surface area contributed by atoms with Gasteiger partial charge in [0.15, 0.2) is 11.5 Å². The predicted octanol–water partition coefficient (Wildman–Crippen LogP) is 0.730. The van der Waals surface area contributed by atoms with Crippen molar-refractivity contribution < 1.29 is 14.3 Å². The lowest BCUT2D eigenvalue weighted by Gasteiger charge is -2.10. The number of nitrogens with one attached hydrogen (secondary N) is 1. The first-order chi connectivity index (χ1) is 8.58. The van der Waals surface area contributed by atoms with Gasteiger partial charge in [-0.25, -0.2) is 0 Å². The zero-order valence-corrected chi connectivity index (χ0v) is 10.7. The van der Waals surface area contributed by atoms with Crippen LogP contribution in [-0.2, 0) is 11.2 Å². The molecular weight excluding hydrogens is 232 g/mol. The summed E-state index contributed by atoms with van der Waals surface area (Å²) in [6, 6.07) is 3.46. The lowest BCUT2D eigenvalue weighted by molar-refractivity contribution is -0.121. The van der Waals surface area contributed by atoms with E-state index in [4.69, 9.17) is 15.2 Å². The fraction of sp³-hybridized carbons (Fsp3) is 0.462. The van der Waals surface area contributed by atoms with Gasteiger partial charge in [-0.3, -0.25) is 4.79 Å². The molecule has 0 fully saturated rings. The number of hydrogen-bond acceptors (Lipinski definition) is 4. The molecule has 1 amide bonds. The maximum absolute atomic E-state index is 11.3. The van der Waals surface area contributed by atoms with Crippen LogP contribution in [0.3, 0.4) is 0 Å². The van der Waals surface area contributed by atoms with Gasteiger partial charge in [0.05, 0.1) is 6.04 Å². The molecule has 5 heteroatoms. The van der Waals surface area contributed by atoms with E-state index in [1.54, 1.807) is 6.92 Å². The third-order valence-electron chi connectivity index (χ3n) is 2.94. The molecule has 0 aromatic heterocycles. The van der Waals surface area contributed by atoms with Crippen LogP contribution < -0.4 is 20.5 Å². The van der Waals surface area contributed by atoms with Gasteiger partial charge in [0.1, 0.15) is 0 Å². The normalized spacial score (nSPS) is 14.4. The molecule has 1 aromatic carbocycles. The van der Waals surface area contributed by atoms with Crippen molar-refractivity contribution in [2.75, 3.05) is 13.3 Å². The SMILES string of the molecule is Cc1cc2c(cc1CCNC(=O)C(C)N)OCO2. The molecule has 0 spiro atoms. The van der Waals surface area contributed by atoms with E-state index in [-0.39, 0.29) is 12.7 Å². The molecule has 98 valence electrons. The second-order valence-corrected chi connectivity index (χ2v) is 4.46. The number of aryl methyl sites for hydroxylation is 1. The number of amides is 1. The Kier molecular flexibility index (Phi) is 3.72. The number of nitrogens with two attached hydrogens (primary N) is 1. The van der Waals surface area contributed by atoms with Gasteiger partial charge >= 0.3 is 0 Å². The molecule has 3 N–H and O–H groups in total. The van der Waals surface area contributed by atoms with Crippen molar-refractivity contribution in [2.24, 2.45) is 5.73 Å². The first kappa shape index (κ1) is 12.7. The summed E-state index contributed by atoms with van der Waals surface area (Å²) in [4.78, 5) is 11.3. The Morgan fingerprint density at radius 1 is 1.44 bits per heavy atom. The average Bonchev–Trinajstić information content (AvgIpc) is 2.75. The molecule has 1 unspecified atom stereocenters. The Morgan fingerprint density at radius 2 is 2.11 bits per heavy atom. The molecule has 1 aliphatic rings. The van der Waals surface area contributed by atoms with Crippen LogP contribution in [0.5, 0.6) is 11.5 Å². The van der Waals surface area contributed by atoms with E-state index in [0.29, 0.717) is 6.54 Å². The lowest BCUT2D eigenvalue weighted by Crippen LogP contribution is -2.39. The first-order valence-electron chi connectivity index (χ1n) is 6.00. The van der Waals surface area contributed by atoms with Gasteiger partial charge in [-0.1, -0.05) is 0 Å². The minimum atomic E-state index is -0.470. The van der Waals surface area contributed by atoms with Crippen molar-refractivity contribution in [3.8, 4) is 11.5 Å². The summed E-state index contributed by atoms with van der Waals surface area (Å²) in [6.45, 7) is 4.53. The fourth-order valence-electron chi connectivity index (χ4n) is 1.84. The summed E-state index contributed by atoms with van der Waals surface area (Å²) in [5.41, 5.74) is 7.75. The highest BCUT2D eigenvalue weighted by Gasteiger charge is 2.15. The Hall–Kier alpha value is -1.75. The molecule has 0 saturated carbocycles. The number of carbonyl (C=O) groups excluding carboxylic acids is 1. The van der Waals surface area contributed by atoms with E-state index in [0.717, 1.165) is 29.0 Å². The predicted molar refractivity (Wildman–Crippen MR) is 67.7 cm³/mol. The summed E-state index contributed by atoms with van der Waals surface area (Å²) in [5.74, 6) is 1.43. The molecule has 1 aromatic rings. The molecule has 1 aliphatic heterocycles. The molecule has 0 radical (unpaired) electrons. The van der Waals surface area contributed by atoms with E-state index >= 15 is 0 Å². The molecule has 0 aliphatic carbocycles. The third kappa shape index (κ3) is 2.73. The molecular formula is C13H18N2O3. The van der Waals surface area contributed by atoms with E-state index in [2.05, 4.69) is 5.32 Å². The van der Waals surface area contributed by atoms with Gasteiger partial charge in [-0.2, -0.15) is 0 Å². The van der Waals surface area contributed by atoms with Crippen LogP contribution in [0, 0.1) is 6.92 Å². The maximum Gasteiger partial charge on any atom is 0.236 e. The number of hydrogen-bond donors (Lipinski definition) is 2. The zero-order valence-electron chi connectivity index (χ0n) is 10.7. The highest BCUT2D eigenvalue weighted by molar-refractivity contribution is 5.80. The van der Waals surface area contributed by atoms with Crippen molar-refractivity contribution in [1.29, 1.82) is 0 Å². The average molecular weight is 250 g/mol. The lowest BCUT2D eigenvalue weighted by atomic mass is 10.0. The number of fused-ring (bicyclic) bond motifs is 1. The number of ether oxygens (including phenoxy) is 2. The quantitative estimate of drug-likeness (QED) is 0.826. The van der Waals surface area contributed by atoms with Gasteiger partial charge in [0, 0.05) is 6.54 Å². The Balaban J connectivity index is 1.96. The van der Waals surface area contributed by atoms with Crippen molar-refractivity contribution in [3.05, 3.63) is 23.3 Å². The van der Waals surface area contributed by atoms with Crippen molar-refractivity contribution in [3.63, 3.8) is 0 Å². The van der Waals surface area contributed by atoms with Gasteiger partial charge < -0.3 is 20.5 Å². The van der Waals surface area contributed by atoms with Crippen LogP contribution in [0.1, 0.15) is 18.1 Å². The molecule has 2 rings (SSSR count). The second kappa shape index (κ2) is 5.27. The van der Waals surface area contributed by atoms with Gasteiger partial charge in [-0.05, 0) is 43.5 Å². The van der Waals surface area contributed by atoms with Crippen molar-refractivity contribution in [1.82, 2.24) is 5.32 Å². The van der Waals surface area contributed by atoms with Crippen LogP contribution in [-0.4, -0.2) is 25.3 Å². The highest BCUT2D eigenvalue weighted by Crippen LogP contribution is 2.34. The van der Waals surface area contributed by atoms with Gasteiger partial charge in [0.2, 0.25) is 12.7 Å². The van der Waals surface area contributed by atoms with Crippen LogP contribution in [0.25, 0.3) is 0 Å². The van der Waals surface area contributed by atoms with Crippen molar-refractivity contribution >= 4 is 5.91 Å².